The molecule has 1 saturated heterocycles. The van der Waals surface area contributed by atoms with Crippen molar-refractivity contribution in [1.29, 1.82) is 0 Å². The third-order valence-electron chi connectivity index (χ3n) is 2.53. The lowest BCUT2D eigenvalue weighted by Crippen LogP contribution is -2.45. The van der Waals surface area contributed by atoms with E-state index in [1.165, 1.54) is 6.33 Å². The van der Waals surface area contributed by atoms with Gasteiger partial charge in [-0.3, -0.25) is 5.32 Å². The highest BCUT2D eigenvalue weighted by atomic mass is 35.5. The fourth-order valence-electron chi connectivity index (χ4n) is 1.94. The maximum absolute atomic E-state index is 6.09. The summed E-state index contributed by atoms with van der Waals surface area (Å²) in [6, 6.07) is 0.845. The molecule has 2 heterocycles. The molecule has 0 saturated carbocycles. The van der Waals surface area contributed by atoms with Gasteiger partial charge in [0.1, 0.15) is 6.33 Å². The van der Waals surface area contributed by atoms with Crippen LogP contribution in [0.25, 0.3) is 0 Å². The molecule has 5 heteroatoms. The lowest BCUT2D eigenvalue weighted by atomic mass is 10.0. The number of anilines is 1. The number of aromatic nitrogens is 2. The molecule has 82 valence electrons. The zero-order chi connectivity index (χ0) is 10.7. The first-order valence-corrected chi connectivity index (χ1v) is 5.59. The summed E-state index contributed by atoms with van der Waals surface area (Å²) in [4.78, 5) is 7.93. The minimum atomic E-state index is 0.0517. The largest absolute Gasteiger partial charge is 0.380 e. The van der Waals surface area contributed by atoms with Gasteiger partial charge in [-0.2, -0.15) is 0 Å². The SMILES string of the molecule is CC1CC(Nc2cncnc2)CC(Cl)N1. The van der Waals surface area contributed by atoms with Crippen LogP contribution in [0.5, 0.6) is 0 Å². The van der Waals surface area contributed by atoms with Gasteiger partial charge >= 0.3 is 0 Å². The molecule has 0 radical (unpaired) electrons. The van der Waals surface area contributed by atoms with Gasteiger partial charge in [0, 0.05) is 12.1 Å². The molecule has 1 aliphatic rings. The predicted octanol–water partition coefficient (Wildman–Crippen LogP) is 1.59. The molecule has 15 heavy (non-hydrogen) atoms. The van der Waals surface area contributed by atoms with Crippen LogP contribution in [0.15, 0.2) is 18.7 Å². The molecule has 3 unspecified atom stereocenters. The summed E-state index contributed by atoms with van der Waals surface area (Å²) in [6.07, 6.45) is 7.07. The Morgan fingerprint density at radius 1 is 1.40 bits per heavy atom. The summed E-state index contributed by atoms with van der Waals surface area (Å²) in [5.74, 6) is 0. The number of piperidine rings is 1. The van der Waals surface area contributed by atoms with E-state index in [1.807, 2.05) is 0 Å². The van der Waals surface area contributed by atoms with Crippen LogP contribution in [0, 0.1) is 0 Å². The molecular formula is C10H15ClN4. The fraction of sp³-hybridized carbons (Fsp3) is 0.600. The predicted molar refractivity (Wildman–Crippen MR) is 60.9 cm³/mol. The van der Waals surface area contributed by atoms with E-state index in [4.69, 9.17) is 11.6 Å². The van der Waals surface area contributed by atoms with Crippen LogP contribution in [0.1, 0.15) is 19.8 Å². The molecular weight excluding hydrogens is 212 g/mol. The summed E-state index contributed by atoms with van der Waals surface area (Å²) in [5, 5.41) is 6.68. The topological polar surface area (TPSA) is 49.8 Å². The fourth-order valence-corrected chi connectivity index (χ4v) is 2.37. The van der Waals surface area contributed by atoms with Gasteiger partial charge < -0.3 is 5.32 Å². The van der Waals surface area contributed by atoms with Crippen molar-refractivity contribution in [2.75, 3.05) is 5.32 Å². The quantitative estimate of drug-likeness (QED) is 0.594. The average Bonchev–Trinajstić information content (AvgIpc) is 2.17. The summed E-state index contributed by atoms with van der Waals surface area (Å²) >= 11 is 6.09. The van der Waals surface area contributed by atoms with Crippen molar-refractivity contribution in [2.45, 2.75) is 37.4 Å². The zero-order valence-electron chi connectivity index (χ0n) is 8.65. The molecule has 2 rings (SSSR count). The van der Waals surface area contributed by atoms with E-state index in [-0.39, 0.29) is 5.50 Å². The molecule has 1 aliphatic heterocycles. The van der Waals surface area contributed by atoms with Gasteiger partial charge in [-0.25, -0.2) is 9.97 Å². The second-order valence-electron chi connectivity index (χ2n) is 3.98. The Balaban J connectivity index is 1.94. The van der Waals surface area contributed by atoms with Crippen LogP contribution in [0.3, 0.4) is 0 Å². The van der Waals surface area contributed by atoms with Crippen molar-refractivity contribution in [2.24, 2.45) is 0 Å². The highest BCUT2D eigenvalue weighted by Crippen LogP contribution is 2.19. The zero-order valence-corrected chi connectivity index (χ0v) is 9.41. The van der Waals surface area contributed by atoms with Gasteiger partial charge in [-0.15, -0.1) is 11.6 Å². The van der Waals surface area contributed by atoms with E-state index in [2.05, 4.69) is 27.5 Å². The minimum absolute atomic E-state index is 0.0517. The molecule has 0 amide bonds. The Bertz CT molecular complexity index is 296. The number of alkyl halides is 1. The first-order chi connectivity index (χ1) is 7.24. The van der Waals surface area contributed by atoms with Crippen LogP contribution in [0.4, 0.5) is 5.69 Å². The Hall–Kier alpha value is -0.870. The number of nitrogens with one attached hydrogen (secondary N) is 2. The molecule has 0 bridgehead atoms. The Morgan fingerprint density at radius 3 is 2.80 bits per heavy atom. The van der Waals surface area contributed by atoms with E-state index in [0.717, 1.165) is 18.5 Å². The van der Waals surface area contributed by atoms with Gasteiger partial charge in [-0.05, 0) is 19.8 Å². The Kier molecular flexibility index (Phi) is 3.38. The number of hydrogen-bond acceptors (Lipinski definition) is 4. The molecule has 1 aromatic rings. The maximum Gasteiger partial charge on any atom is 0.115 e. The first kappa shape index (κ1) is 10.6. The van der Waals surface area contributed by atoms with E-state index >= 15 is 0 Å². The number of halogens is 1. The maximum atomic E-state index is 6.09. The molecule has 0 aliphatic carbocycles. The van der Waals surface area contributed by atoms with Crippen LogP contribution in [0.2, 0.25) is 0 Å². The molecule has 2 N–H and O–H groups in total. The molecule has 3 atom stereocenters. The minimum Gasteiger partial charge on any atom is -0.380 e. The van der Waals surface area contributed by atoms with Gasteiger partial charge in [0.2, 0.25) is 0 Å². The van der Waals surface area contributed by atoms with Gasteiger partial charge in [0.25, 0.3) is 0 Å². The summed E-state index contributed by atoms with van der Waals surface area (Å²) in [6.45, 7) is 2.14. The van der Waals surface area contributed by atoms with Crippen LogP contribution >= 0.6 is 11.6 Å². The second kappa shape index (κ2) is 4.77. The van der Waals surface area contributed by atoms with E-state index in [9.17, 15) is 0 Å². The highest BCUT2D eigenvalue weighted by Gasteiger charge is 2.24. The van der Waals surface area contributed by atoms with E-state index < -0.39 is 0 Å². The summed E-state index contributed by atoms with van der Waals surface area (Å²) in [7, 11) is 0. The van der Waals surface area contributed by atoms with Gasteiger partial charge in [0.15, 0.2) is 0 Å². The third-order valence-corrected chi connectivity index (χ3v) is 2.83. The molecule has 0 aromatic carbocycles. The summed E-state index contributed by atoms with van der Waals surface area (Å²) in [5.41, 5.74) is 1.01. The van der Waals surface area contributed by atoms with Crippen molar-refractivity contribution in [3.05, 3.63) is 18.7 Å². The standard InChI is InChI=1S/C10H15ClN4/c1-7-2-8(3-10(11)14-7)15-9-4-12-6-13-5-9/h4-8,10,14-15H,2-3H2,1H3. The number of hydrogen-bond donors (Lipinski definition) is 2. The van der Waals surface area contributed by atoms with Crippen LogP contribution < -0.4 is 10.6 Å². The normalized spacial score (nSPS) is 31.2. The van der Waals surface area contributed by atoms with Crippen molar-refractivity contribution in [1.82, 2.24) is 15.3 Å². The summed E-state index contributed by atoms with van der Waals surface area (Å²) < 4.78 is 0. The number of nitrogens with zero attached hydrogens (tertiary/aromatic N) is 2. The van der Waals surface area contributed by atoms with Crippen molar-refractivity contribution in [3.63, 3.8) is 0 Å². The van der Waals surface area contributed by atoms with Gasteiger partial charge in [-0.1, -0.05) is 0 Å². The molecule has 1 fully saturated rings. The van der Waals surface area contributed by atoms with Crippen molar-refractivity contribution in [3.8, 4) is 0 Å². The molecule has 0 spiro atoms. The molecule has 4 nitrogen and oxygen atoms in total. The van der Waals surface area contributed by atoms with E-state index in [1.54, 1.807) is 12.4 Å². The lowest BCUT2D eigenvalue weighted by Gasteiger charge is -2.32. The van der Waals surface area contributed by atoms with Crippen LogP contribution in [-0.4, -0.2) is 27.6 Å². The van der Waals surface area contributed by atoms with Crippen molar-refractivity contribution < 1.29 is 0 Å². The van der Waals surface area contributed by atoms with Crippen molar-refractivity contribution >= 4 is 17.3 Å². The monoisotopic (exact) mass is 226 g/mol. The van der Waals surface area contributed by atoms with E-state index in [0.29, 0.717) is 12.1 Å². The smallest absolute Gasteiger partial charge is 0.115 e. The average molecular weight is 227 g/mol. The first-order valence-electron chi connectivity index (χ1n) is 5.15. The van der Waals surface area contributed by atoms with Crippen LogP contribution in [-0.2, 0) is 0 Å². The molecule has 1 aromatic heterocycles. The van der Waals surface area contributed by atoms with Gasteiger partial charge in [0.05, 0.1) is 23.6 Å². The highest BCUT2D eigenvalue weighted by molar-refractivity contribution is 6.20. The lowest BCUT2D eigenvalue weighted by molar-refractivity contribution is 0.372. The Labute approximate surface area is 94.5 Å². The number of rotatable bonds is 2. The third kappa shape index (κ3) is 3.04. The Morgan fingerprint density at radius 2 is 2.13 bits per heavy atom. The second-order valence-corrected chi connectivity index (χ2v) is 4.50.